The van der Waals surface area contributed by atoms with Gasteiger partial charge in [-0.1, -0.05) is 0 Å². The summed E-state index contributed by atoms with van der Waals surface area (Å²) < 4.78 is 27.9. The number of hydrogen-bond donors (Lipinski definition) is 3. The van der Waals surface area contributed by atoms with E-state index >= 15 is 0 Å². The molecular weight excluding hydrogens is 256 g/mol. The van der Waals surface area contributed by atoms with Crippen molar-refractivity contribution in [1.29, 1.82) is 0 Å². The van der Waals surface area contributed by atoms with Crippen molar-refractivity contribution >= 4 is 10.0 Å². The van der Waals surface area contributed by atoms with Gasteiger partial charge in [-0.2, -0.15) is 5.10 Å². The maximum Gasteiger partial charge on any atom is 0.242 e. The maximum absolute atomic E-state index is 11.9. The van der Waals surface area contributed by atoms with Crippen LogP contribution in [-0.4, -0.2) is 28.3 Å². The van der Waals surface area contributed by atoms with Crippen LogP contribution in [0.15, 0.2) is 29.6 Å². The first-order valence-corrected chi connectivity index (χ1v) is 6.75. The monoisotopic (exact) mass is 270 g/mol. The Labute approximate surface area is 105 Å². The van der Waals surface area contributed by atoms with Crippen LogP contribution in [0.5, 0.6) is 0 Å². The van der Waals surface area contributed by atoms with Crippen molar-refractivity contribution in [1.82, 2.24) is 19.5 Å². The fourth-order valence-corrected chi connectivity index (χ4v) is 2.52. The van der Waals surface area contributed by atoms with Gasteiger partial charge in [0.15, 0.2) is 0 Å². The third-order valence-electron chi connectivity index (χ3n) is 2.42. The van der Waals surface area contributed by atoms with Crippen LogP contribution >= 0.6 is 0 Å². The van der Waals surface area contributed by atoms with Gasteiger partial charge in [0.05, 0.1) is 17.7 Å². The number of aryl methyl sites for hydroxylation is 1. The second-order valence-corrected chi connectivity index (χ2v) is 5.63. The minimum Gasteiger partial charge on any atom is -0.390 e. The average Bonchev–Trinajstić information content (AvgIpc) is 2.95. The Balaban J connectivity index is 2.07. The van der Waals surface area contributed by atoms with Gasteiger partial charge in [-0.15, -0.1) is 0 Å². The lowest BCUT2D eigenvalue weighted by Crippen LogP contribution is -2.22. The van der Waals surface area contributed by atoms with Gasteiger partial charge in [0, 0.05) is 37.2 Å². The number of nitrogens with zero attached hydrogens (tertiary/aromatic N) is 2. The molecule has 0 saturated carbocycles. The summed E-state index contributed by atoms with van der Waals surface area (Å²) in [5.41, 5.74) is 1.23. The zero-order valence-electron chi connectivity index (χ0n) is 9.79. The van der Waals surface area contributed by atoms with E-state index in [4.69, 9.17) is 5.11 Å². The van der Waals surface area contributed by atoms with E-state index in [0.717, 1.165) is 5.56 Å². The summed E-state index contributed by atoms with van der Waals surface area (Å²) in [5.74, 6) is 0. The van der Waals surface area contributed by atoms with E-state index in [0.29, 0.717) is 5.69 Å². The van der Waals surface area contributed by atoms with E-state index in [2.05, 4.69) is 14.8 Å². The van der Waals surface area contributed by atoms with Crippen LogP contribution in [-0.2, 0) is 30.2 Å². The molecule has 0 aliphatic carbocycles. The summed E-state index contributed by atoms with van der Waals surface area (Å²) >= 11 is 0. The van der Waals surface area contributed by atoms with E-state index in [1.54, 1.807) is 24.1 Å². The molecule has 0 bridgehead atoms. The largest absolute Gasteiger partial charge is 0.390 e. The quantitative estimate of drug-likeness (QED) is 0.695. The molecular formula is C10H14N4O3S. The summed E-state index contributed by atoms with van der Waals surface area (Å²) in [5, 5.41) is 12.8. The topological polar surface area (TPSA) is 100 Å². The number of nitrogens with one attached hydrogen (secondary N) is 2. The van der Waals surface area contributed by atoms with E-state index in [1.807, 2.05) is 0 Å². The predicted molar refractivity (Wildman–Crippen MR) is 63.9 cm³/mol. The fourth-order valence-electron chi connectivity index (χ4n) is 1.49. The Bertz CT molecular complexity index is 629. The molecule has 0 unspecified atom stereocenters. The molecule has 3 N–H and O–H groups in total. The molecule has 0 radical (unpaired) electrons. The van der Waals surface area contributed by atoms with Gasteiger partial charge in [-0.25, -0.2) is 13.1 Å². The average molecular weight is 270 g/mol. The Morgan fingerprint density at radius 3 is 2.89 bits per heavy atom. The van der Waals surface area contributed by atoms with E-state index < -0.39 is 10.0 Å². The Morgan fingerprint density at radius 2 is 2.33 bits per heavy atom. The maximum atomic E-state index is 11.9. The highest BCUT2D eigenvalue weighted by molar-refractivity contribution is 7.89. The Morgan fingerprint density at radius 1 is 1.56 bits per heavy atom. The van der Waals surface area contributed by atoms with Gasteiger partial charge in [-0.3, -0.25) is 4.68 Å². The lowest BCUT2D eigenvalue weighted by atomic mass is 10.4. The number of H-pyrrole nitrogens is 1. The molecule has 2 rings (SSSR count). The summed E-state index contributed by atoms with van der Waals surface area (Å²) in [6, 6.07) is 1.39. The third kappa shape index (κ3) is 2.78. The molecule has 7 nitrogen and oxygen atoms in total. The molecule has 0 aromatic carbocycles. The highest BCUT2D eigenvalue weighted by atomic mass is 32.2. The molecule has 2 heterocycles. The third-order valence-corrected chi connectivity index (χ3v) is 3.80. The van der Waals surface area contributed by atoms with Gasteiger partial charge in [0.25, 0.3) is 0 Å². The lowest BCUT2D eigenvalue weighted by molar-refractivity contribution is 0.277. The summed E-state index contributed by atoms with van der Waals surface area (Å²) in [6.45, 7) is -0.0477. The number of sulfonamides is 1. The molecule has 2 aromatic heterocycles. The molecule has 0 spiro atoms. The molecule has 2 aromatic rings. The molecule has 0 atom stereocenters. The lowest BCUT2D eigenvalue weighted by Gasteiger charge is -2.02. The standard InChI is InChI=1S/C10H14N4O3S/c1-14-6-8(3-12-14)4-13-18(16,17)10-2-9(7-15)11-5-10/h2-3,5-6,11,13,15H,4,7H2,1H3. The van der Waals surface area contributed by atoms with E-state index in [9.17, 15) is 8.42 Å². The number of aliphatic hydroxyl groups is 1. The van der Waals surface area contributed by atoms with Crippen LogP contribution < -0.4 is 4.72 Å². The van der Waals surface area contributed by atoms with Crippen molar-refractivity contribution in [3.8, 4) is 0 Å². The summed E-state index contributed by atoms with van der Waals surface area (Å²) in [4.78, 5) is 2.79. The van der Waals surface area contributed by atoms with Gasteiger partial charge >= 0.3 is 0 Å². The van der Waals surface area contributed by atoms with Crippen LogP contribution in [0, 0.1) is 0 Å². The van der Waals surface area contributed by atoms with Crippen molar-refractivity contribution in [2.75, 3.05) is 0 Å². The van der Waals surface area contributed by atoms with Crippen molar-refractivity contribution in [3.05, 3.63) is 35.9 Å². The molecule has 98 valence electrons. The minimum atomic E-state index is -3.57. The first-order chi connectivity index (χ1) is 8.51. The molecule has 18 heavy (non-hydrogen) atoms. The van der Waals surface area contributed by atoms with Gasteiger partial charge < -0.3 is 10.1 Å². The van der Waals surface area contributed by atoms with Crippen LogP contribution in [0.1, 0.15) is 11.3 Å². The fraction of sp³-hybridized carbons (Fsp3) is 0.300. The van der Waals surface area contributed by atoms with Crippen LogP contribution in [0.3, 0.4) is 0 Å². The first-order valence-electron chi connectivity index (χ1n) is 5.26. The summed E-state index contributed by atoms with van der Waals surface area (Å²) in [7, 11) is -1.81. The smallest absolute Gasteiger partial charge is 0.242 e. The summed E-state index contributed by atoms with van der Waals surface area (Å²) in [6.07, 6.45) is 4.68. The molecule has 0 aliphatic heterocycles. The van der Waals surface area contributed by atoms with Crippen molar-refractivity contribution in [2.45, 2.75) is 18.0 Å². The highest BCUT2D eigenvalue weighted by Crippen LogP contribution is 2.11. The minimum absolute atomic E-state index is 0.107. The van der Waals surface area contributed by atoms with Gasteiger partial charge in [-0.05, 0) is 6.07 Å². The zero-order chi connectivity index (χ0) is 13.2. The number of aromatic amines is 1. The van der Waals surface area contributed by atoms with Crippen molar-refractivity contribution in [3.63, 3.8) is 0 Å². The normalized spacial score (nSPS) is 11.9. The molecule has 0 amide bonds. The highest BCUT2D eigenvalue weighted by Gasteiger charge is 2.15. The SMILES string of the molecule is Cn1cc(CNS(=O)(=O)c2c[nH]c(CO)c2)cn1. The van der Waals surface area contributed by atoms with Crippen molar-refractivity contribution < 1.29 is 13.5 Å². The number of aromatic nitrogens is 3. The number of hydrogen-bond acceptors (Lipinski definition) is 4. The van der Waals surface area contributed by atoms with Crippen LogP contribution in [0.2, 0.25) is 0 Å². The van der Waals surface area contributed by atoms with Crippen LogP contribution in [0.25, 0.3) is 0 Å². The molecule has 0 aliphatic rings. The second-order valence-electron chi connectivity index (χ2n) is 3.87. The molecule has 0 fully saturated rings. The Kier molecular flexibility index (Phi) is 3.50. The predicted octanol–water partition coefficient (Wildman–Crippen LogP) is -0.281. The van der Waals surface area contributed by atoms with Crippen LogP contribution in [0.4, 0.5) is 0 Å². The van der Waals surface area contributed by atoms with E-state index in [-0.39, 0.29) is 18.0 Å². The number of aliphatic hydroxyl groups excluding tert-OH is 1. The Hall–Kier alpha value is -1.64. The van der Waals surface area contributed by atoms with Crippen molar-refractivity contribution in [2.24, 2.45) is 7.05 Å². The van der Waals surface area contributed by atoms with Gasteiger partial charge in [0.2, 0.25) is 10.0 Å². The van der Waals surface area contributed by atoms with E-state index in [1.165, 1.54) is 12.3 Å². The molecule has 0 saturated heterocycles. The van der Waals surface area contributed by atoms with Gasteiger partial charge in [0.1, 0.15) is 0 Å². The second kappa shape index (κ2) is 4.92. The molecule has 8 heteroatoms. The first kappa shape index (κ1) is 12.8. The number of rotatable bonds is 5. The zero-order valence-corrected chi connectivity index (χ0v) is 10.6.